The Labute approximate surface area is 131 Å². The summed E-state index contributed by atoms with van der Waals surface area (Å²) in [5.74, 6) is -0.0825. The molecule has 0 spiro atoms. The van der Waals surface area contributed by atoms with Crippen LogP contribution in [0.4, 0.5) is 4.39 Å². The van der Waals surface area contributed by atoms with Crippen LogP contribution in [0.15, 0.2) is 17.7 Å². The van der Waals surface area contributed by atoms with Crippen molar-refractivity contribution in [1.29, 1.82) is 0 Å². The second-order valence-electron chi connectivity index (χ2n) is 6.36. The first-order valence-corrected chi connectivity index (χ1v) is 7.58. The summed E-state index contributed by atoms with van der Waals surface area (Å²) < 4.78 is 25.7. The van der Waals surface area contributed by atoms with E-state index >= 15 is 0 Å². The monoisotopic (exact) mass is 309 g/mol. The fraction of sp³-hybridized carbons (Fsp3) is 0.533. The Hall–Kier alpha value is -0.845. The molecule has 2 rings (SSSR count). The van der Waals surface area contributed by atoms with Crippen LogP contribution in [0.25, 0.3) is 6.08 Å². The van der Waals surface area contributed by atoms with Gasteiger partial charge in [0.05, 0.1) is 11.2 Å². The predicted molar refractivity (Wildman–Crippen MR) is 86.8 cm³/mol. The number of thiol groups is 1. The summed E-state index contributed by atoms with van der Waals surface area (Å²) in [4.78, 5) is 3.73. The minimum Gasteiger partial charge on any atom is -0.400 e. The lowest BCUT2D eigenvalue weighted by Gasteiger charge is -2.32. The van der Waals surface area contributed by atoms with Gasteiger partial charge in [-0.05, 0) is 51.7 Å². The molecule has 0 saturated carbocycles. The van der Waals surface area contributed by atoms with Gasteiger partial charge in [-0.3, -0.25) is 0 Å². The lowest BCUT2D eigenvalue weighted by molar-refractivity contribution is 0.00578. The van der Waals surface area contributed by atoms with E-state index in [1.807, 2.05) is 34.6 Å². The highest BCUT2D eigenvalue weighted by molar-refractivity contribution is 7.80. The van der Waals surface area contributed by atoms with Crippen molar-refractivity contribution in [3.05, 3.63) is 34.8 Å². The first-order chi connectivity index (χ1) is 9.66. The van der Waals surface area contributed by atoms with E-state index in [-0.39, 0.29) is 0 Å². The maximum absolute atomic E-state index is 13.8. The van der Waals surface area contributed by atoms with Crippen molar-refractivity contribution in [3.63, 3.8) is 0 Å². The third kappa shape index (κ3) is 3.33. The summed E-state index contributed by atoms with van der Waals surface area (Å²) in [6.45, 7) is 9.81. The van der Waals surface area contributed by atoms with Gasteiger partial charge in [-0.25, -0.2) is 4.98 Å². The molecule has 1 aliphatic rings. The largest absolute Gasteiger partial charge is 0.491 e. The maximum atomic E-state index is 13.8. The molecule has 1 aliphatic heterocycles. The molecule has 1 saturated heterocycles. The van der Waals surface area contributed by atoms with E-state index < -0.39 is 24.3 Å². The Bertz CT molecular complexity index is 559. The van der Waals surface area contributed by atoms with Crippen molar-refractivity contribution in [2.24, 2.45) is 0 Å². The van der Waals surface area contributed by atoms with Gasteiger partial charge >= 0.3 is 7.12 Å². The molecule has 1 aromatic rings. The first-order valence-electron chi connectivity index (χ1n) is 6.95. The van der Waals surface area contributed by atoms with Gasteiger partial charge in [0.1, 0.15) is 0 Å². The van der Waals surface area contributed by atoms with Crippen LogP contribution in [0.2, 0.25) is 0 Å². The maximum Gasteiger partial charge on any atom is 0.491 e. The molecule has 0 aromatic carbocycles. The molecule has 3 nitrogen and oxygen atoms in total. The van der Waals surface area contributed by atoms with Gasteiger partial charge in [0, 0.05) is 17.5 Å². The SMILES string of the molecule is Cc1cnc(F)c(C=C(CS)B2OC(C)(C)C(C)(C)O2)c1. The highest BCUT2D eigenvalue weighted by Crippen LogP contribution is 2.39. The number of hydrogen-bond donors (Lipinski definition) is 1. The molecular formula is C15H21BFNO2S. The molecule has 0 unspecified atom stereocenters. The Morgan fingerprint density at radius 2 is 1.90 bits per heavy atom. The van der Waals surface area contributed by atoms with Crippen molar-refractivity contribution in [2.75, 3.05) is 5.75 Å². The summed E-state index contributed by atoms with van der Waals surface area (Å²) in [7, 11) is -0.521. The topological polar surface area (TPSA) is 31.4 Å². The van der Waals surface area contributed by atoms with E-state index in [2.05, 4.69) is 17.6 Å². The van der Waals surface area contributed by atoms with Crippen LogP contribution >= 0.6 is 12.6 Å². The summed E-state index contributed by atoms with van der Waals surface area (Å²) in [5, 5.41) is 0. The van der Waals surface area contributed by atoms with E-state index in [1.54, 1.807) is 12.1 Å². The molecule has 21 heavy (non-hydrogen) atoms. The highest BCUT2D eigenvalue weighted by Gasteiger charge is 2.52. The summed E-state index contributed by atoms with van der Waals surface area (Å²) in [6.07, 6.45) is 3.21. The van der Waals surface area contributed by atoms with Gasteiger partial charge in [-0.1, -0.05) is 6.08 Å². The van der Waals surface area contributed by atoms with Gasteiger partial charge in [0.15, 0.2) is 0 Å². The average Bonchev–Trinajstić information content (AvgIpc) is 2.59. The van der Waals surface area contributed by atoms with Crippen LogP contribution in [0, 0.1) is 12.9 Å². The molecule has 0 N–H and O–H groups in total. The van der Waals surface area contributed by atoms with Crippen LogP contribution in [-0.2, 0) is 9.31 Å². The van der Waals surface area contributed by atoms with Crippen LogP contribution in [0.3, 0.4) is 0 Å². The van der Waals surface area contributed by atoms with Gasteiger partial charge in [0.2, 0.25) is 5.95 Å². The molecule has 114 valence electrons. The second kappa shape index (κ2) is 5.74. The molecule has 1 fully saturated rings. The van der Waals surface area contributed by atoms with Crippen LogP contribution in [0.1, 0.15) is 38.8 Å². The molecule has 2 heterocycles. The molecule has 0 aliphatic carbocycles. The first kappa shape index (κ1) is 16.5. The molecule has 0 radical (unpaired) electrons. The van der Waals surface area contributed by atoms with E-state index in [0.29, 0.717) is 11.3 Å². The van der Waals surface area contributed by atoms with Gasteiger partial charge in [0.25, 0.3) is 0 Å². The zero-order chi connectivity index (χ0) is 15.8. The van der Waals surface area contributed by atoms with Crippen LogP contribution in [-0.4, -0.2) is 29.1 Å². The Morgan fingerprint density at radius 1 is 1.33 bits per heavy atom. The standard InChI is InChI=1S/C15H21BFNO2S/c1-10-6-11(13(17)18-8-10)7-12(9-21)16-19-14(2,3)15(4,5)20-16/h6-8,21H,9H2,1-5H3. The third-order valence-corrected chi connectivity index (χ3v) is 4.45. The summed E-state index contributed by atoms with van der Waals surface area (Å²) in [5.41, 5.74) is 1.25. The quantitative estimate of drug-likeness (QED) is 0.527. The third-order valence-electron chi connectivity index (χ3n) is 4.08. The molecule has 0 amide bonds. The number of aryl methyl sites for hydroxylation is 1. The van der Waals surface area contributed by atoms with Crippen molar-refractivity contribution in [2.45, 2.75) is 45.8 Å². The molecule has 1 aromatic heterocycles. The molecule has 0 bridgehead atoms. The minimum atomic E-state index is -0.521. The Balaban J connectivity index is 2.33. The normalized spacial score (nSPS) is 20.9. The molecule has 6 heteroatoms. The van der Waals surface area contributed by atoms with E-state index in [1.165, 1.54) is 6.20 Å². The van der Waals surface area contributed by atoms with Crippen molar-refractivity contribution >= 4 is 25.8 Å². The number of nitrogens with zero attached hydrogens (tertiary/aromatic N) is 1. The lowest BCUT2D eigenvalue weighted by atomic mass is 9.78. The minimum absolute atomic E-state index is 0.421. The molecule has 0 atom stereocenters. The highest BCUT2D eigenvalue weighted by atomic mass is 32.1. The predicted octanol–water partition coefficient (Wildman–Crippen LogP) is 3.47. The number of hydrogen-bond acceptors (Lipinski definition) is 4. The number of halogens is 1. The van der Waals surface area contributed by atoms with Crippen molar-refractivity contribution in [3.8, 4) is 0 Å². The Kier molecular flexibility index (Phi) is 4.52. The van der Waals surface area contributed by atoms with Gasteiger partial charge < -0.3 is 9.31 Å². The second-order valence-corrected chi connectivity index (χ2v) is 6.67. The van der Waals surface area contributed by atoms with Crippen molar-refractivity contribution in [1.82, 2.24) is 4.98 Å². The van der Waals surface area contributed by atoms with Crippen molar-refractivity contribution < 1.29 is 13.7 Å². The summed E-state index contributed by atoms with van der Waals surface area (Å²) >= 11 is 4.32. The van der Waals surface area contributed by atoms with Crippen LogP contribution in [0.5, 0.6) is 0 Å². The smallest absolute Gasteiger partial charge is 0.400 e. The molecular weight excluding hydrogens is 288 g/mol. The van der Waals surface area contributed by atoms with E-state index in [0.717, 1.165) is 11.0 Å². The zero-order valence-corrected chi connectivity index (χ0v) is 14.0. The fourth-order valence-corrected chi connectivity index (χ4v) is 2.30. The van der Waals surface area contributed by atoms with E-state index in [4.69, 9.17) is 9.31 Å². The summed E-state index contributed by atoms with van der Waals surface area (Å²) in [6, 6.07) is 1.75. The van der Waals surface area contributed by atoms with Gasteiger partial charge in [-0.15, -0.1) is 0 Å². The van der Waals surface area contributed by atoms with Gasteiger partial charge in [-0.2, -0.15) is 17.0 Å². The number of rotatable bonds is 3. The number of aromatic nitrogens is 1. The fourth-order valence-electron chi connectivity index (χ4n) is 2.06. The average molecular weight is 309 g/mol. The Morgan fingerprint density at radius 3 is 2.43 bits per heavy atom. The van der Waals surface area contributed by atoms with E-state index in [9.17, 15) is 4.39 Å². The number of pyridine rings is 1. The zero-order valence-electron chi connectivity index (χ0n) is 13.1. The lowest BCUT2D eigenvalue weighted by Crippen LogP contribution is -2.41. The van der Waals surface area contributed by atoms with Crippen LogP contribution < -0.4 is 0 Å².